The maximum atomic E-state index is 13.3. The Hall–Kier alpha value is -3.48. The van der Waals surface area contributed by atoms with E-state index in [1.807, 2.05) is 24.3 Å². The summed E-state index contributed by atoms with van der Waals surface area (Å²) in [6, 6.07) is 2.11. The lowest BCUT2D eigenvalue weighted by molar-refractivity contribution is -0.143. The van der Waals surface area contributed by atoms with Gasteiger partial charge in [0.1, 0.15) is 24.2 Å². The van der Waals surface area contributed by atoms with Crippen molar-refractivity contribution in [2.45, 2.75) is 76.9 Å². The van der Waals surface area contributed by atoms with Crippen molar-refractivity contribution in [3.05, 3.63) is 36.0 Å². The second-order valence-corrected chi connectivity index (χ2v) is 9.65. The predicted molar refractivity (Wildman–Crippen MR) is 136 cm³/mol. The zero-order chi connectivity index (χ0) is 27.9. The summed E-state index contributed by atoms with van der Waals surface area (Å²) in [5.41, 5.74) is 7.24. The van der Waals surface area contributed by atoms with Crippen molar-refractivity contribution in [2.24, 2.45) is 11.7 Å². The van der Waals surface area contributed by atoms with E-state index in [0.717, 1.165) is 10.9 Å². The van der Waals surface area contributed by atoms with Crippen molar-refractivity contribution in [3.8, 4) is 0 Å². The van der Waals surface area contributed by atoms with E-state index in [9.17, 15) is 34.5 Å². The lowest BCUT2D eigenvalue weighted by Crippen LogP contribution is -2.60. The number of aromatic nitrogens is 1. The minimum atomic E-state index is -1.49. The summed E-state index contributed by atoms with van der Waals surface area (Å²) in [7, 11) is 0. The summed E-state index contributed by atoms with van der Waals surface area (Å²) in [4.78, 5) is 53.4. The highest BCUT2D eigenvalue weighted by Gasteiger charge is 2.33. The molecule has 0 spiro atoms. The van der Waals surface area contributed by atoms with Crippen molar-refractivity contribution >= 4 is 34.6 Å². The lowest BCUT2D eigenvalue weighted by Gasteiger charge is -2.27. The number of fused-ring (bicyclic) bond motifs is 1. The first-order valence-corrected chi connectivity index (χ1v) is 12.1. The molecular formula is C25H37N5O7. The molecule has 1 heterocycles. The average molecular weight is 520 g/mol. The van der Waals surface area contributed by atoms with E-state index in [-0.39, 0.29) is 18.8 Å². The number of carbonyl (C=O) groups excluding carboxylic acids is 3. The summed E-state index contributed by atoms with van der Waals surface area (Å²) >= 11 is 0. The van der Waals surface area contributed by atoms with Gasteiger partial charge in [-0.15, -0.1) is 0 Å². The number of nitrogens with two attached hydrogens (primary N) is 1. The predicted octanol–water partition coefficient (Wildman–Crippen LogP) is -0.616. The fourth-order valence-electron chi connectivity index (χ4n) is 3.83. The number of hydrogen-bond acceptors (Lipinski definition) is 7. The number of aliphatic hydroxyl groups excluding tert-OH is 2. The van der Waals surface area contributed by atoms with Gasteiger partial charge in [-0.1, -0.05) is 32.0 Å². The number of para-hydroxylation sites is 1. The molecule has 6 unspecified atom stereocenters. The number of carboxylic acids is 1. The standard InChI is InChI=1S/C25H37N5O7/c1-12(2)9-19(25(36)37)29-24(35)21(14(4)32)30-22(33)18(28-23(34)20(26)13(3)31)10-15-11-27-17-8-6-5-7-16(15)17/h5-8,11-14,18-21,27,31-32H,9-10,26H2,1-4H3,(H,28,34)(H,29,35)(H,30,33)(H,36,37). The minimum absolute atomic E-state index is 0.00731. The number of carbonyl (C=O) groups is 4. The van der Waals surface area contributed by atoms with Crippen LogP contribution in [0.15, 0.2) is 30.5 Å². The van der Waals surface area contributed by atoms with Crippen LogP contribution in [0.1, 0.15) is 39.7 Å². The number of aliphatic carboxylic acids is 1. The third kappa shape index (κ3) is 8.27. The second-order valence-electron chi connectivity index (χ2n) is 9.65. The van der Waals surface area contributed by atoms with E-state index in [1.54, 1.807) is 20.0 Å². The van der Waals surface area contributed by atoms with Gasteiger partial charge in [-0.05, 0) is 37.8 Å². The fourth-order valence-corrected chi connectivity index (χ4v) is 3.83. The first kappa shape index (κ1) is 29.7. The average Bonchev–Trinajstić information content (AvgIpc) is 3.22. The van der Waals surface area contributed by atoms with Crippen LogP contribution in [0.2, 0.25) is 0 Å². The SMILES string of the molecule is CC(C)CC(NC(=O)C(NC(=O)C(Cc1c[nH]c2ccccc12)NC(=O)C(N)C(C)O)C(C)O)C(=O)O. The molecule has 0 fully saturated rings. The molecule has 9 N–H and O–H groups in total. The maximum Gasteiger partial charge on any atom is 0.326 e. The summed E-state index contributed by atoms with van der Waals surface area (Å²) in [5, 5.41) is 37.5. The van der Waals surface area contributed by atoms with Gasteiger partial charge < -0.3 is 42.0 Å². The molecule has 12 heteroatoms. The van der Waals surface area contributed by atoms with Crippen LogP contribution in [-0.4, -0.2) is 80.4 Å². The molecule has 37 heavy (non-hydrogen) atoms. The highest BCUT2D eigenvalue weighted by Crippen LogP contribution is 2.19. The molecule has 0 bridgehead atoms. The number of carboxylic acid groups (broad SMARTS) is 1. The third-order valence-electron chi connectivity index (χ3n) is 5.94. The van der Waals surface area contributed by atoms with E-state index in [1.165, 1.54) is 13.8 Å². The van der Waals surface area contributed by atoms with Crippen LogP contribution in [0.4, 0.5) is 0 Å². The Bertz CT molecular complexity index is 1100. The van der Waals surface area contributed by atoms with Crippen molar-refractivity contribution < 1.29 is 34.5 Å². The molecular weight excluding hydrogens is 482 g/mol. The number of hydrogen-bond donors (Lipinski definition) is 8. The number of aliphatic hydroxyl groups is 2. The molecule has 0 radical (unpaired) electrons. The summed E-state index contributed by atoms with van der Waals surface area (Å²) in [6.07, 6.45) is -0.706. The van der Waals surface area contributed by atoms with Gasteiger partial charge in [0.05, 0.1) is 12.2 Å². The fraction of sp³-hybridized carbons (Fsp3) is 0.520. The van der Waals surface area contributed by atoms with Crippen molar-refractivity contribution in [1.82, 2.24) is 20.9 Å². The van der Waals surface area contributed by atoms with Crippen molar-refractivity contribution in [2.75, 3.05) is 0 Å². The Balaban J connectivity index is 2.28. The normalized spacial score (nSPS) is 16.3. The molecule has 1 aromatic carbocycles. The zero-order valence-corrected chi connectivity index (χ0v) is 21.4. The molecule has 2 aromatic rings. The Kier molecular flexibility index (Phi) is 10.6. The van der Waals surface area contributed by atoms with Gasteiger partial charge in [0, 0.05) is 23.5 Å². The van der Waals surface area contributed by atoms with Gasteiger partial charge in [0.15, 0.2) is 0 Å². The molecule has 0 saturated heterocycles. The molecule has 0 aliphatic carbocycles. The Morgan fingerprint density at radius 3 is 2.08 bits per heavy atom. The first-order chi connectivity index (χ1) is 17.3. The summed E-state index contributed by atoms with van der Waals surface area (Å²) < 4.78 is 0. The van der Waals surface area contributed by atoms with Crippen LogP contribution in [0.3, 0.4) is 0 Å². The third-order valence-corrected chi connectivity index (χ3v) is 5.94. The van der Waals surface area contributed by atoms with Gasteiger partial charge in [-0.25, -0.2) is 4.79 Å². The summed E-state index contributed by atoms with van der Waals surface area (Å²) in [5.74, 6) is -3.73. The van der Waals surface area contributed by atoms with E-state index in [0.29, 0.717) is 5.56 Å². The topological polar surface area (TPSA) is 207 Å². The molecule has 0 aliphatic rings. The van der Waals surface area contributed by atoms with Crippen LogP contribution in [0.25, 0.3) is 10.9 Å². The summed E-state index contributed by atoms with van der Waals surface area (Å²) in [6.45, 7) is 6.21. The van der Waals surface area contributed by atoms with Crippen LogP contribution in [-0.2, 0) is 25.6 Å². The van der Waals surface area contributed by atoms with Crippen LogP contribution in [0, 0.1) is 5.92 Å². The molecule has 204 valence electrons. The molecule has 3 amide bonds. The Morgan fingerprint density at radius 2 is 1.51 bits per heavy atom. The minimum Gasteiger partial charge on any atom is -0.480 e. The van der Waals surface area contributed by atoms with Gasteiger partial charge in [0.25, 0.3) is 0 Å². The number of rotatable bonds is 13. The highest BCUT2D eigenvalue weighted by atomic mass is 16.4. The molecule has 0 saturated carbocycles. The zero-order valence-electron chi connectivity index (χ0n) is 21.4. The van der Waals surface area contributed by atoms with E-state index >= 15 is 0 Å². The molecule has 12 nitrogen and oxygen atoms in total. The molecule has 0 aliphatic heterocycles. The van der Waals surface area contributed by atoms with Crippen LogP contribution >= 0.6 is 0 Å². The van der Waals surface area contributed by atoms with Gasteiger partial charge in [0.2, 0.25) is 17.7 Å². The molecule has 2 rings (SSSR count). The number of H-pyrrole nitrogens is 1. The van der Waals surface area contributed by atoms with Crippen molar-refractivity contribution in [3.63, 3.8) is 0 Å². The van der Waals surface area contributed by atoms with Crippen LogP contribution in [0.5, 0.6) is 0 Å². The number of nitrogens with one attached hydrogen (secondary N) is 4. The van der Waals surface area contributed by atoms with Gasteiger partial charge in [-0.2, -0.15) is 0 Å². The lowest BCUT2D eigenvalue weighted by atomic mass is 10.0. The number of aromatic amines is 1. The monoisotopic (exact) mass is 519 g/mol. The van der Waals surface area contributed by atoms with Crippen LogP contribution < -0.4 is 21.7 Å². The molecule has 1 aromatic heterocycles. The largest absolute Gasteiger partial charge is 0.480 e. The van der Waals surface area contributed by atoms with Gasteiger partial charge >= 0.3 is 5.97 Å². The quantitative estimate of drug-likeness (QED) is 0.171. The smallest absolute Gasteiger partial charge is 0.326 e. The Labute approximate surface area is 215 Å². The first-order valence-electron chi connectivity index (χ1n) is 12.1. The Morgan fingerprint density at radius 1 is 0.892 bits per heavy atom. The number of amides is 3. The second kappa shape index (κ2) is 13.2. The number of benzene rings is 1. The highest BCUT2D eigenvalue weighted by molar-refractivity contribution is 5.95. The van der Waals surface area contributed by atoms with E-state index in [2.05, 4.69) is 20.9 Å². The van der Waals surface area contributed by atoms with Gasteiger partial charge in [-0.3, -0.25) is 14.4 Å². The van der Waals surface area contributed by atoms with E-state index < -0.39 is 60.1 Å². The molecule has 6 atom stereocenters. The van der Waals surface area contributed by atoms with E-state index in [4.69, 9.17) is 5.73 Å². The maximum absolute atomic E-state index is 13.3. The van der Waals surface area contributed by atoms with Crippen molar-refractivity contribution in [1.29, 1.82) is 0 Å².